The average Bonchev–Trinajstić information content (AvgIpc) is 2.49. The van der Waals surface area contributed by atoms with Crippen molar-refractivity contribution in [3.8, 4) is 11.5 Å². The molecule has 2 N–H and O–H groups in total. The fraction of sp³-hybridized carbons (Fsp3) is 0.308. The fourth-order valence-corrected chi connectivity index (χ4v) is 1.73. The zero-order valence-electron chi connectivity index (χ0n) is 12.2. The van der Waals surface area contributed by atoms with Crippen molar-refractivity contribution in [2.24, 2.45) is 0 Å². The predicted molar refractivity (Wildman–Crippen MR) is 76.8 cm³/mol. The zero-order valence-corrected chi connectivity index (χ0v) is 12.9. The molecule has 2 amide bonds. The van der Waals surface area contributed by atoms with Gasteiger partial charge in [0.2, 0.25) is 5.91 Å². The van der Waals surface area contributed by atoms with Gasteiger partial charge in [-0.25, -0.2) is 4.79 Å². The van der Waals surface area contributed by atoms with Crippen molar-refractivity contribution in [1.82, 2.24) is 10.9 Å². The summed E-state index contributed by atoms with van der Waals surface area (Å²) < 4.78 is 14.9. The van der Waals surface area contributed by atoms with Crippen LogP contribution in [-0.2, 0) is 14.3 Å². The lowest BCUT2D eigenvalue weighted by Crippen LogP contribution is -2.42. The van der Waals surface area contributed by atoms with Crippen molar-refractivity contribution < 1.29 is 28.6 Å². The van der Waals surface area contributed by atoms with Crippen LogP contribution in [0.25, 0.3) is 0 Å². The number of ether oxygens (including phenoxy) is 3. The molecule has 1 aromatic carbocycles. The van der Waals surface area contributed by atoms with Crippen molar-refractivity contribution in [2.45, 2.75) is 6.92 Å². The van der Waals surface area contributed by atoms with Gasteiger partial charge in [0.05, 0.1) is 24.8 Å². The molecule has 0 aliphatic carbocycles. The van der Waals surface area contributed by atoms with Crippen LogP contribution in [0.15, 0.2) is 12.1 Å². The number of rotatable bonds is 5. The number of carbonyl (C=O) groups is 3. The highest BCUT2D eigenvalue weighted by atomic mass is 35.5. The molecule has 9 heteroatoms. The molecule has 0 saturated heterocycles. The van der Waals surface area contributed by atoms with E-state index in [4.69, 9.17) is 25.8 Å². The quantitative estimate of drug-likeness (QED) is 0.608. The number of hydrazine groups is 1. The number of amides is 2. The van der Waals surface area contributed by atoms with Crippen molar-refractivity contribution in [1.29, 1.82) is 0 Å². The molecule has 0 aromatic heterocycles. The number of carbonyl (C=O) groups excluding carboxylic acids is 3. The minimum atomic E-state index is -0.777. The van der Waals surface area contributed by atoms with E-state index in [2.05, 4.69) is 10.9 Å². The molecule has 0 fully saturated rings. The number of esters is 1. The molecule has 0 bridgehead atoms. The van der Waals surface area contributed by atoms with E-state index in [0.717, 1.165) is 0 Å². The van der Waals surface area contributed by atoms with Crippen molar-refractivity contribution in [3.05, 3.63) is 22.7 Å². The monoisotopic (exact) mass is 330 g/mol. The van der Waals surface area contributed by atoms with Crippen molar-refractivity contribution in [2.75, 3.05) is 20.8 Å². The summed E-state index contributed by atoms with van der Waals surface area (Å²) >= 11 is 5.97. The molecular weight excluding hydrogens is 316 g/mol. The number of methoxy groups -OCH3 is 2. The largest absolute Gasteiger partial charge is 0.493 e. The zero-order chi connectivity index (χ0) is 16.7. The summed E-state index contributed by atoms with van der Waals surface area (Å²) in [6.45, 7) is 0.656. The van der Waals surface area contributed by atoms with E-state index in [1.165, 1.54) is 33.3 Å². The highest BCUT2D eigenvalue weighted by molar-refractivity contribution is 6.32. The van der Waals surface area contributed by atoms with Crippen LogP contribution in [-0.4, -0.2) is 38.6 Å². The Morgan fingerprint density at radius 3 is 2.36 bits per heavy atom. The Kier molecular flexibility index (Phi) is 6.46. The molecule has 0 heterocycles. The third-order valence-corrected chi connectivity index (χ3v) is 2.66. The first kappa shape index (κ1) is 17.6. The lowest BCUT2D eigenvalue weighted by Gasteiger charge is -2.11. The topological polar surface area (TPSA) is 103 Å². The van der Waals surface area contributed by atoms with E-state index >= 15 is 0 Å². The molecule has 0 spiro atoms. The van der Waals surface area contributed by atoms with Gasteiger partial charge < -0.3 is 14.2 Å². The number of hydrogen-bond acceptors (Lipinski definition) is 6. The van der Waals surface area contributed by atoms with Gasteiger partial charge in [-0.1, -0.05) is 11.6 Å². The Hall–Kier alpha value is -2.48. The van der Waals surface area contributed by atoms with Gasteiger partial charge in [0, 0.05) is 6.92 Å². The molecule has 0 aliphatic heterocycles. The molecule has 0 atom stereocenters. The van der Waals surface area contributed by atoms with Crippen molar-refractivity contribution >= 4 is 29.4 Å². The van der Waals surface area contributed by atoms with Crippen LogP contribution in [0.4, 0.5) is 0 Å². The van der Waals surface area contributed by atoms with Crippen molar-refractivity contribution in [3.63, 3.8) is 0 Å². The Morgan fingerprint density at radius 1 is 1.14 bits per heavy atom. The molecule has 0 radical (unpaired) electrons. The van der Waals surface area contributed by atoms with E-state index in [0.29, 0.717) is 0 Å². The van der Waals surface area contributed by atoms with Gasteiger partial charge in [-0.3, -0.25) is 20.4 Å². The Balaban J connectivity index is 2.72. The lowest BCUT2D eigenvalue weighted by atomic mass is 10.2. The third-order valence-electron chi connectivity index (χ3n) is 2.38. The Labute approximate surface area is 131 Å². The highest BCUT2D eigenvalue weighted by Gasteiger charge is 2.17. The Bertz CT molecular complexity index is 590. The summed E-state index contributed by atoms with van der Waals surface area (Å²) in [6, 6.07) is 2.70. The van der Waals surface area contributed by atoms with E-state index in [9.17, 15) is 14.4 Å². The van der Waals surface area contributed by atoms with Crippen LogP contribution in [0.3, 0.4) is 0 Å². The number of hydrogen-bond donors (Lipinski definition) is 2. The summed E-state index contributed by atoms with van der Waals surface area (Å²) in [7, 11) is 2.80. The molecule has 1 aromatic rings. The first-order chi connectivity index (χ1) is 10.4. The molecule has 0 unspecified atom stereocenters. The second-order valence-corrected chi connectivity index (χ2v) is 4.41. The van der Waals surface area contributed by atoms with Gasteiger partial charge in [0.1, 0.15) is 0 Å². The van der Waals surface area contributed by atoms with E-state index in [-0.39, 0.29) is 22.1 Å². The van der Waals surface area contributed by atoms with Gasteiger partial charge >= 0.3 is 5.97 Å². The molecule has 120 valence electrons. The number of nitrogens with one attached hydrogen (secondary N) is 2. The maximum absolute atomic E-state index is 11.9. The molecule has 22 heavy (non-hydrogen) atoms. The second kappa shape index (κ2) is 8.08. The summed E-state index contributed by atoms with van der Waals surface area (Å²) in [5.41, 5.74) is 4.21. The average molecular weight is 331 g/mol. The number of halogens is 1. The van der Waals surface area contributed by atoms with Crippen LogP contribution >= 0.6 is 11.6 Å². The minimum Gasteiger partial charge on any atom is -0.493 e. The molecule has 8 nitrogen and oxygen atoms in total. The first-order valence-electron chi connectivity index (χ1n) is 6.03. The summed E-state index contributed by atoms with van der Waals surface area (Å²) in [4.78, 5) is 33.8. The molecule has 0 saturated carbocycles. The highest BCUT2D eigenvalue weighted by Crippen LogP contribution is 2.36. The van der Waals surface area contributed by atoms with Gasteiger partial charge in [-0.2, -0.15) is 0 Å². The van der Waals surface area contributed by atoms with E-state index in [1.54, 1.807) is 0 Å². The van der Waals surface area contributed by atoms with Gasteiger partial charge in [-0.15, -0.1) is 0 Å². The Morgan fingerprint density at radius 2 is 1.82 bits per heavy atom. The third kappa shape index (κ3) is 4.81. The maximum Gasteiger partial charge on any atom is 0.338 e. The lowest BCUT2D eigenvalue weighted by molar-refractivity contribution is -0.129. The standard InChI is InChI=1S/C13H15ClN2O6/c1-7(17)15-16-11(18)6-22-13(19)8-4-9(14)12(21-3)10(5-8)20-2/h4-5H,6H2,1-3H3,(H,15,17)(H,16,18). The van der Waals surface area contributed by atoms with E-state index in [1.807, 2.05) is 0 Å². The van der Waals surface area contributed by atoms with Crippen LogP contribution < -0.4 is 20.3 Å². The van der Waals surface area contributed by atoms with Crippen LogP contribution in [0.1, 0.15) is 17.3 Å². The predicted octanol–water partition coefficient (Wildman–Crippen LogP) is 0.681. The summed E-state index contributed by atoms with van der Waals surface area (Å²) in [6.07, 6.45) is 0. The maximum atomic E-state index is 11.9. The van der Waals surface area contributed by atoms with Gasteiger partial charge in [0.15, 0.2) is 18.1 Å². The fourth-order valence-electron chi connectivity index (χ4n) is 1.44. The second-order valence-electron chi connectivity index (χ2n) is 4.00. The SMILES string of the molecule is COc1cc(C(=O)OCC(=O)NNC(C)=O)cc(Cl)c1OC. The van der Waals surface area contributed by atoms with Crippen LogP contribution in [0.2, 0.25) is 5.02 Å². The summed E-state index contributed by atoms with van der Waals surface area (Å²) in [5.74, 6) is -1.38. The smallest absolute Gasteiger partial charge is 0.338 e. The van der Waals surface area contributed by atoms with E-state index < -0.39 is 24.4 Å². The normalized spacial score (nSPS) is 9.64. The minimum absolute atomic E-state index is 0.0926. The van der Waals surface area contributed by atoms with Gasteiger partial charge in [0.25, 0.3) is 5.91 Å². The van der Waals surface area contributed by atoms with Crippen LogP contribution in [0.5, 0.6) is 11.5 Å². The molecular formula is C13H15ClN2O6. The van der Waals surface area contributed by atoms with Crippen LogP contribution in [0, 0.1) is 0 Å². The number of benzene rings is 1. The molecule has 1 rings (SSSR count). The van der Waals surface area contributed by atoms with Gasteiger partial charge in [-0.05, 0) is 12.1 Å². The summed E-state index contributed by atoms with van der Waals surface area (Å²) in [5, 5.41) is 0.163. The molecule has 0 aliphatic rings. The first-order valence-corrected chi connectivity index (χ1v) is 6.41.